The molecule has 5 aromatic rings. The highest BCUT2D eigenvalue weighted by molar-refractivity contribution is 7.10. The van der Waals surface area contributed by atoms with Crippen molar-refractivity contribution in [1.82, 2.24) is 20.0 Å². The summed E-state index contributed by atoms with van der Waals surface area (Å²) in [5.41, 5.74) is 6.59. The van der Waals surface area contributed by atoms with Gasteiger partial charge in [-0.05, 0) is 50.6 Å². The van der Waals surface area contributed by atoms with Gasteiger partial charge < -0.3 is 14.2 Å². The second kappa shape index (κ2) is 9.95. The van der Waals surface area contributed by atoms with E-state index in [2.05, 4.69) is 38.8 Å². The van der Waals surface area contributed by atoms with Crippen LogP contribution in [0, 0.1) is 6.92 Å². The van der Waals surface area contributed by atoms with Crippen molar-refractivity contribution >= 4 is 28.2 Å². The van der Waals surface area contributed by atoms with E-state index in [1.807, 2.05) is 43.3 Å². The first kappa shape index (κ1) is 23.6. The van der Waals surface area contributed by atoms with Crippen LogP contribution in [0.1, 0.15) is 45.4 Å². The number of fused-ring (bicyclic) bond motifs is 1. The lowest BCUT2D eigenvalue weighted by Gasteiger charge is -2.30. The summed E-state index contributed by atoms with van der Waals surface area (Å²) < 4.78 is 10.4. The maximum Gasteiger partial charge on any atom is 0.337 e. The molecule has 0 unspecified atom stereocenters. The van der Waals surface area contributed by atoms with Crippen LogP contribution >= 0.6 is 11.3 Å². The standard InChI is InChI=1S/C29H28N4O3S/c1-18-26(27(32-36-18)19-6-4-3-5-7-19)25-17-37-28(31-25)20-10-12-33(13-11-20)16-22-15-30-24-14-21(29(34)35-2)8-9-23(22)24/h3-9,14-15,17,20,30H,10-13,16H2,1-2H3. The molecule has 188 valence electrons. The number of hydrogen-bond acceptors (Lipinski definition) is 7. The summed E-state index contributed by atoms with van der Waals surface area (Å²) in [4.78, 5) is 22.7. The first-order chi connectivity index (χ1) is 18.1. The Morgan fingerprint density at radius 3 is 2.78 bits per heavy atom. The molecule has 7 nitrogen and oxygen atoms in total. The van der Waals surface area contributed by atoms with Crippen LogP contribution in [0.3, 0.4) is 0 Å². The highest BCUT2D eigenvalue weighted by Gasteiger charge is 2.26. The molecule has 0 aliphatic carbocycles. The van der Waals surface area contributed by atoms with Crippen molar-refractivity contribution in [2.24, 2.45) is 0 Å². The molecule has 0 spiro atoms. The van der Waals surface area contributed by atoms with Crippen LogP contribution < -0.4 is 0 Å². The lowest BCUT2D eigenvalue weighted by Crippen LogP contribution is -2.32. The number of likely N-dealkylation sites (tertiary alicyclic amines) is 1. The summed E-state index contributed by atoms with van der Waals surface area (Å²) in [6, 6.07) is 15.8. The lowest BCUT2D eigenvalue weighted by molar-refractivity contribution is 0.0601. The summed E-state index contributed by atoms with van der Waals surface area (Å²) in [7, 11) is 1.40. The fraction of sp³-hybridized carbons (Fsp3) is 0.276. The van der Waals surface area contributed by atoms with E-state index in [1.165, 1.54) is 17.7 Å². The predicted molar refractivity (Wildman–Crippen MR) is 145 cm³/mol. The summed E-state index contributed by atoms with van der Waals surface area (Å²) in [5.74, 6) is 0.935. The molecular weight excluding hydrogens is 484 g/mol. The van der Waals surface area contributed by atoms with Crippen molar-refractivity contribution in [1.29, 1.82) is 0 Å². The lowest BCUT2D eigenvalue weighted by atomic mass is 9.97. The molecule has 1 saturated heterocycles. The molecule has 1 fully saturated rings. The number of ether oxygens (including phenoxy) is 1. The van der Waals surface area contributed by atoms with Gasteiger partial charge in [0.25, 0.3) is 0 Å². The number of nitrogens with one attached hydrogen (secondary N) is 1. The molecule has 3 aromatic heterocycles. The SMILES string of the molecule is COC(=O)c1ccc2c(CN3CCC(c4nc(-c5c(-c6ccccc6)noc5C)cs4)CC3)c[nH]c2c1. The summed E-state index contributed by atoms with van der Waals surface area (Å²) in [6.07, 6.45) is 4.21. The molecule has 2 aromatic carbocycles. The monoisotopic (exact) mass is 512 g/mol. The van der Waals surface area contributed by atoms with E-state index in [0.29, 0.717) is 11.5 Å². The van der Waals surface area contributed by atoms with E-state index in [1.54, 1.807) is 11.3 Å². The zero-order valence-corrected chi connectivity index (χ0v) is 21.7. The molecule has 1 aliphatic rings. The van der Waals surface area contributed by atoms with Gasteiger partial charge in [-0.25, -0.2) is 9.78 Å². The van der Waals surface area contributed by atoms with E-state index in [-0.39, 0.29) is 5.97 Å². The summed E-state index contributed by atoms with van der Waals surface area (Å²) in [6.45, 7) is 4.88. The van der Waals surface area contributed by atoms with Crippen molar-refractivity contribution in [3.63, 3.8) is 0 Å². The third-order valence-electron chi connectivity index (χ3n) is 7.21. The van der Waals surface area contributed by atoms with Gasteiger partial charge in [0, 0.05) is 40.5 Å². The van der Waals surface area contributed by atoms with Crippen LogP contribution in [0.4, 0.5) is 0 Å². The Hall–Kier alpha value is -3.75. The number of aryl methyl sites for hydroxylation is 1. The highest BCUT2D eigenvalue weighted by atomic mass is 32.1. The number of nitrogens with zero attached hydrogens (tertiary/aromatic N) is 3. The third-order valence-corrected chi connectivity index (χ3v) is 8.21. The van der Waals surface area contributed by atoms with Gasteiger partial charge in [0.2, 0.25) is 0 Å². The Balaban J connectivity index is 1.13. The van der Waals surface area contributed by atoms with E-state index >= 15 is 0 Å². The quantitative estimate of drug-likeness (QED) is 0.264. The molecule has 0 saturated carbocycles. The zero-order chi connectivity index (χ0) is 25.4. The number of esters is 1. The number of hydrogen-bond donors (Lipinski definition) is 1. The maximum atomic E-state index is 11.8. The Labute approximate surface area is 219 Å². The third kappa shape index (κ3) is 4.58. The molecule has 8 heteroatoms. The Morgan fingerprint density at radius 1 is 1.19 bits per heavy atom. The van der Waals surface area contributed by atoms with Crippen molar-refractivity contribution in [3.05, 3.63) is 82.0 Å². The van der Waals surface area contributed by atoms with Gasteiger partial charge in [0.1, 0.15) is 11.5 Å². The van der Waals surface area contributed by atoms with Crippen LogP contribution in [-0.4, -0.2) is 46.2 Å². The number of piperidine rings is 1. The van der Waals surface area contributed by atoms with Gasteiger partial charge in [-0.3, -0.25) is 4.90 Å². The van der Waals surface area contributed by atoms with Gasteiger partial charge in [-0.15, -0.1) is 11.3 Å². The molecule has 0 radical (unpaired) electrons. The number of methoxy groups -OCH3 is 1. The first-order valence-corrected chi connectivity index (χ1v) is 13.4. The molecule has 6 rings (SSSR count). The van der Waals surface area contributed by atoms with Crippen molar-refractivity contribution < 1.29 is 14.1 Å². The molecule has 0 atom stereocenters. The molecule has 37 heavy (non-hydrogen) atoms. The van der Waals surface area contributed by atoms with E-state index < -0.39 is 0 Å². The number of thiazole rings is 1. The van der Waals surface area contributed by atoms with Crippen LogP contribution in [-0.2, 0) is 11.3 Å². The average molecular weight is 513 g/mol. The summed E-state index contributed by atoms with van der Waals surface area (Å²) >= 11 is 1.74. The minimum absolute atomic E-state index is 0.319. The smallest absolute Gasteiger partial charge is 0.337 e. The highest BCUT2D eigenvalue weighted by Crippen LogP contribution is 2.38. The van der Waals surface area contributed by atoms with Crippen LogP contribution in [0.2, 0.25) is 0 Å². The van der Waals surface area contributed by atoms with Gasteiger partial charge in [-0.2, -0.15) is 0 Å². The topological polar surface area (TPSA) is 84.2 Å². The van der Waals surface area contributed by atoms with E-state index in [0.717, 1.165) is 71.7 Å². The minimum Gasteiger partial charge on any atom is -0.465 e. The second-order valence-electron chi connectivity index (χ2n) is 9.52. The summed E-state index contributed by atoms with van der Waals surface area (Å²) in [5, 5.41) is 8.81. The molecule has 4 heterocycles. The van der Waals surface area contributed by atoms with Crippen molar-refractivity contribution in [2.45, 2.75) is 32.2 Å². The maximum absolute atomic E-state index is 11.8. The van der Waals surface area contributed by atoms with Crippen molar-refractivity contribution in [3.8, 4) is 22.5 Å². The molecule has 1 aliphatic heterocycles. The second-order valence-corrected chi connectivity index (χ2v) is 10.4. The average Bonchev–Trinajstić information content (AvgIpc) is 3.67. The van der Waals surface area contributed by atoms with Gasteiger partial charge in [-0.1, -0.05) is 41.6 Å². The fourth-order valence-corrected chi connectivity index (χ4v) is 6.18. The molecule has 0 bridgehead atoms. The minimum atomic E-state index is -0.319. The normalized spacial score (nSPS) is 14.9. The van der Waals surface area contributed by atoms with Gasteiger partial charge >= 0.3 is 5.97 Å². The number of rotatable bonds is 6. The molecule has 0 amide bonds. The van der Waals surface area contributed by atoms with Crippen LogP contribution in [0.5, 0.6) is 0 Å². The predicted octanol–water partition coefficient (Wildman–Crippen LogP) is 6.42. The Bertz CT molecular complexity index is 1540. The van der Waals surface area contributed by atoms with E-state index in [9.17, 15) is 4.79 Å². The number of aromatic nitrogens is 3. The number of benzene rings is 2. The van der Waals surface area contributed by atoms with Crippen LogP contribution in [0.15, 0.2) is 64.6 Å². The number of aromatic amines is 1. The largest absolute Gasteiger partial charge is 0.465 e. The Morgan fingerprint density at radius 2 is 2.00 bits per heavy atom. The van der Waals surface area contributed by atoms with Crippen molar-refractivity contribution in [2.75, 3.05) is 20.2 Å². The molecular formula is C29H28N4O3S. The van der Waals surface area contributed by atoms with E-state index in [4.69, 9.17) is 14.2 Å². The number of H-pyrrole nitrogens is 1. The number of carbonyl (C=O) groups is 1. The first-order valence-electron chi connectivity index (χ1n) is 12.5. The van der Waals surface area contributed by atoms with Gasteiger partial charge in [0.15, 0.2) is 0 Å². The van der Waals surface area contributed by atoms with Gasteiger partial charge in [0.05, 0.1) is 28.9 Å². The fourth-order valence-electron chi connectivity index (χ4n) is 5.20. The number of carbonyl (C=O) groups excluding carboxylic acids is 1. The zero-order valence-electron chi connectivity index (χ0n) is 20.9. The van der Waals surface area contributed by atoms with Crippen LogP contribution in [0.25, 0.3) is 33.4 Å². The molecule has 1 N–H and O–H groups in total. The Kier molecular flexibility index (Phi) is 6.36.